The molecule has 2 N–H and O–H groups in total. The van der Waals surface area contributed by atoms with Gasteiger partial charge in [-0.2, -0.15) is 0 Å². The summed E-state index contributed by atoms with van der Waals surface area (Å²) in [7, 11) is 0. The molecule has 1 heterocycles. The number of thiazole rings is 1. The standard InChI is InChI=1S/C17H30N4S.HI/c1-5-18-16(20-11-15-19-10-14(4)22-15)21-12-17(7-6-8-17)9-13(2)3;/h10,13H,5-9,11-12H2,1-4H3,(H2,18,20,21);1H. The Labute approximate surface area is 162 Å². The molecule has 0 amide bonds. The highest BCUT2D eigenvalue weighted by molar-refractivity contribution is 14.0. The highest BCUT2D eigenvalue weighted by Gasteiger charge is 2.37. The van der Waals surface area contributed by atoms with Gasteiger partial charge in [0.1, 0.15) is 5.01 Å². The topological polar surface area (TPSA) is 49.3 Å². The number of nitrogens with one attached hydrogen (secondary N) is 2. The molecule has 4 nitrogen and oxygen atoms in total. The Balaban J connectivity index is 0.00000264. The number of aliphatic imine (C=N–C) groups is 1. The summed E-state index contributed by atoms with van der Waals surface area (Å²) in [5.41, 5.74) is 0.488. The van der Waals surface area contributed by atoms with Crippen molar-refractivity contribution < 1.29 is 0 Å². The van der Waals surface area contributed by atoms with E-state index in [-0.39, 0.29) is 24.0 Å². The van der Waals surface area contributed by atoms with Gasteiger partial charge in [-0.15, -0.1) is 35.3 Å². The molecule has 0 unspecified atom stereocenters. The van der Waals surface area contributed by atoms with E-state index >= 15 is 0 Å². The van der Waals surface area contributed by atoms with Gasteiger partial charge in [0.15, 0.2) is 5.96 Å². The Morgan fingerprint density at radius 2 is 2.13 bits per heavy atom. The molecule has 1 saturated carbocycles. The maximum Gasteiger partial charge on any atom is 0.191 e. The lowest BCUT2D eigenvalue weighted by Crippen LogP contribution is -2.47. The average molecular weight is 450 g/mol. The predicted molar refractivity (Wildman–Crippen MR) is 111 cm³/mol. The number of halogens is 1. The Morgan fingerprint density at radius 1 is 1.39 bits per heavy atom. The van der Waals surface area contributed by atoms with Gasteiger partial charge < -0.3 is 10.6 Å². The van der Waals surface area contributed by atoms with Gasteiger partial charge in [0.2, 0.25) is 0 Å². The van der Waals surface area contributed by atoms with Crippen molar-refractivity contribution in [3.63, 3.8) is 0 Å². The van der Waals surface area contributed by atoms with E-state index in [0.29, 0.717) is 12.0 Å². The van der Waals surface area contributed by atoms with Gasteiger partial charge in [-0.05, 0) is 44.4 Å². The molecule has 0 atom stereocenters. The molecule has 0 spiro atoms. The summed E-state index contributed by atoms with van der Waals surface area (Å²) >= 11 is 1.72. The van der Waals surface area contributed by atoms with Crippen LogP contribution in [0.3, 0.4) is 0 Å². The Hall–Kier alpha value is -0.370. The molecule has 1 aromatic rings. The van der Waals surface area contributed by atoms with Crippen molar-refractivity contribution in [2.24, 2.45) is 16.3 Å². The van der Waals surface area contributed by atoms with E-state index < -0.39 is 0 Å². The minimum absolute atomic E-state index is 0. The molecule has 2 rings (SSSR count). The van der Waals surface area contributed by atoms with E-state index in [2.05, 4.69) is 48.3 Å². The number of aromatic nitrogens is 1. The molecule has 1 fully saturated rings. The van der Waals surface area contributed by atoms with Crippen LogP contribution in [0.4, 0.5) is 0 Å². The van der Waals surface area contributed by atoms with Crippen LogP contribution in [-0.2, 0) is 6.54 Å². The van der Waals surface area contributed by atoms with Crippen molar-refractivity contribution in [1.82, 2.24) is 15.6 Å². The molecule has 0 aliphatic heterocycles. The van der Waals surface area contributed by atoms with Crippen LogP contribution in [0.25, 0.3) is 0 Å². The van der Waals surface area contributed by atoms with E-state index in [0.717, 1.165) is 30.0 Å². The zero-order valence-electron chi connectivity index (χ0n) is 14.8. The van der Waals surface area contributed by atoms with Crippen molar-refractivity contribution in [3.05, 3.63) is 16.1 Å². The van der Waals surface area contributed by atoms with E-state index in [1.807, 2.05) is 6.20 Å². The fraction of sp³-hybridized carbons (Fsp3) is 0.765. The van der Waals surface area contributed by atoms with Gasteiger partial charge in [-0.25, -0.2) is 9.98 Å². The van der Waals surface area contributed by atoms with Crippen LogP contribution in [0.1, 0.15) is 56.3 Å². The molecule has 23 heavy (non-hydrogen) atoms. The first-order valence-corrected chi connectivity index (χ1v) is 9.28. The third-order valence-electron chi connectivity index (χ3n) is 4.27. The largest absolute Gasteiger partial charge is 0.357 e. The Kier molecular flexibility index (Phi) is 8.82. The molecular formula is C17H31IN4S. The van der Waals surface area contributed by atoms with Gasteiger partial charge in [0.05, 0.1) is 6.54 Å². The van der Waals surface area contributed by atoms with E-state index in [1.54, 1.807) is 11.3 Å². The first-order valence-electron chi connectivity index (χ1n) is 8.46. The zero-order chi connectivity index (χ0) is 16.0. The van der Waals surface area contributed by atoms with Crippen molar-refractivity contribution in [3.8, 4) is 0 Å². The highest BCUT2D eigenvalue weighted by atomic mass is 127. The maximum atomic E-state index is 4.68. The van der Waals surface area contributed by atoms with E-state index in [1.165, 1.54) is 30.6 Å². The highest BCUT2D eigenvalue weighted by Crippen LogP contribution is 2.45. The average Bonchev–Trinajstić information content (AvgIpc) is 2.84. The summed E-state index contributed by atoms with van der Waals surface area (Å²) in [6.45, 7) is 11.4. The van der Waals surface area contributed by atoms with Crippen LogP contribution in [0.2, 0.25) is 0 Å². The number of guanidine groups is 1. The zero-order valence-corrected chi connectivity index (χ0v) is 18.0. The van der Waals surface area contributed by atoms with Gasteiger partial charge in [0.25, 0.3) is 0 Å². The smallest absolute Gasteiger partial charge is 0.191 e. The summed E-state index contributed by atoms with van der Waals surface area (Å²) in [6.07, 6.45) is 7.31. The van der Waals surface area contributed by atoms with Crippen molar-refractivity contribution in [2.75, 3.05) is 13.1 Å². The third kappa shape index (κ3) is 6.57. The summed E-state index contributed by atoms with van der Waals surface area (Å²) < 4.78 is 0. The lowest BCUT2D eigenvalue weighted by atomic mass is 9.64. The summed E-state index contributed by atoms with van der Waals surface area (Å²) in [4.78, 5) is 10.3. The van der Waals surface area contributed by atoms with Crippen LogP contribution in [-0.4, -0.2) is 24.0 Å². The minimum Gasteiger partial charge on any atom is -0.357 e. The Morgan fingerprint density at radius 3 is 2.61 bits per heavy atom. The van der Waals surface area contributed by atoms with E-state index in [4.69, 9.17) is 0 Å². The van der Waals surface area contributed by atoms with Gasteiger partial charge in [-0.1, -0.05) is 20.3 Å². The quantitative estimate of drug-likeness (QED) is 0.369. The second-order valence-corrected chi connectivity index (χ2v) is 8.18. The van der Waals surface area contributed by atoms with Crippen molar-refractivity contribution in [1.29, 1.82) is 0 Å². The van der Waals surface area contributed by atoms with Crippen LogP contribution >= 0.6 is 35.3 Å². The molecule has 0 aromatic carbocycles. The van der Waals surface area contributed by atoms with Gasteiger partial charge in [-0.3, -0.25) is 0 Å². The number of hydrogen-bond donors (Lipinski definition) is 2. The molecule has 6 heteroatoms. The number of rotatable bonds is 7. The number of aryl methyl sites for hydroxylation is 1. The first-order chi connectivity index (χ1) is 10.5. The summed E-state index contributed by atoms with van der Waals surface area (Å²) in [6, 6.07) is 0. The molecule has 0 radical (unpaired) electrons. The third-order valence-corrected chi connectivity index (χ3v) is 5.17. The lowest BCUT2D eigenvalue weighted by Gasteiger charge is -2.43. The number of hydrogen-bond acceptors (Lipinski definition) is 3. The number of nitrogens with zero attached hydrogens (tertiary/aromatic N) is 2. The van der Waals surface area contributed by atoms with Gasteiger partial charge in [0, 0.05) is 24.2 Å². The van der Waals surface area contributed by atoms with Crippen molar-refractivity contribution in [2.45, 2.75) is 59.9 Å². The molecule has 0 saturated heterocycles. The van der Waals surface area contributed by atoms with E-state index in [9.17, 15) is 0 Å². The first kappa shape index (κ1) is 20.7. The molecular weight excluding hydrogens is 419 g/mol. The second kappa shape index (κ2) is 9.81. The van der Waals surface area contributed by atoms with Crippen LogP contribution in [0, 0.1) is 18.3 Å². The summed E-state index contributed by atoms with van der Waals surface area (Å²) in [5.74, 6) is 1.69. The predicted octanol–water partition coefficient (Wildman–Crippen LogP) is 4.34. The monoisotopic (exact) mass is 450 g/mol. The normalized spacial score (nSPS) is 16.7. The molecule has 1 aromatic heterocycles. The molecule has 0 bridgehead atoms. The fourth-order valence-corrected chi connectivity index (χ4v) is 3.94. The van der Waals surface area contributed by atoms with Crippen LogP contribution < -0.4 is 10.6 Å². The SMILES string of the molecule is CCNC(=NCc1ncc(C)s1)NCC1(CC(C)C)CCC1.I. The maximum absolute atomic E-state index is 4.68. The summed E-state index contributed by atoms with van der Waals surface area (Å²) in [5, 5.41) is 7.99. The molecule has 132 valence electrons. The molecule has 1 aliphatic carbocycles. The Bertz CT molecular complexity index is 495. The van der Waals surface area contributed by atoms with Crippen molar-refractivity contribution >= 4 is 41.3 Å². The second-order valence-electron chi connectivity index (χ2n) is 6.86. The minimum atomic E-state index is 0. The fourth-order valence-electron chi connectivity index (χ4n) is 3.23. The van der Waals surface area contributed by atoms with Crippen LogP contribution in [0.15, 0.2) is 11.2 Å². The van der Waals surface area contributed by atoms with Gasteiger partial charge >= 0.3 is 0 Å². The van der Waals surface area contributed by atoms with Crippen LogP contribution in [0.5, 0.6) is 0 Å². The lowest BCUT2D eigenvalue weighted by molar-refractivity contribution is 0.104. The molecule has 1 aliphatic rings.